The summed E-state index contributed by atoms with van der Waals surface area (Å²) >= 11 is 15.2. The highest BCUT2D eigenvalue weighted by Crippen LogP contribution is 2.45. The number of nitro groups is 2. The fraction of sp³-hybridized carbons (Fsp3) is 0.133. The fourth-order valence-electron chi connectivity index (χ4n) is 5.30. The number of amides is 1. The molecule has 1 aliphatic rings. The minimum Gasteiger partial charge on any atom is -0.422 e. The molecule has 3 heterocycles. The predicted octanol–water partition coefficient (Wildman–Crippen LogP) is 9.30. The predicted molar refractivity (Wildman–Crippen MR) is 173 cm³/mol. The fourth-order valence-corrected chi connectivity index (χ4v) is 8.19. The van der Waals surface area contributed by atoms with Gasteiger partial charge in [0.2, 0.25) is 0 Å². The molecule has 5 aromatic rings. The molecule has 0 saturated carbocycles. The van der Waals surface area contributed by atoms with Crippen LogP contribution in [0.15, 0.2) is 60.7 Å². The van der Waals surface area contributed by atoms with E-state index in [4.69, 9.17) is 27.9 Å². The van der Waals surface area contributed by atoms with Gasteiger partial charge in [0.15, 0.2) is 0 Å². The molecule has 3 aromatic carbocycles. The Morgan fingerprint density at radius 3 is 1.95 bits per heavy atom. The van der Waals surface area contributed by atoms with Crippen LogP contribution in [0.3, 0.4) is 0 Å². The maximum atomic E-state index is 14.1. The second kappa shape index (κ2) is 10.7. The van der Waals surface area contributed by atoms with Crippen molar-refractivity contribution in [2.75, 3.05) is 4.90 Å². The topological polar surface area (TPSA) is 133 Å². The number of carbonyl (C=O) groups is 2. The molecule has 6 rings (SSSR count). The van der Waals surface area contributed by atoms with E-state index in [1.807, 2.05) is 26.8 Å². The number of fused-ring (bicyclic) bond motifs is 3. The largest absolute Gasteiger partial charge is 0.422 e. The highest BCUT2D eigenvalue weighted by molar-refractivity contribution is 7.22. The zero-order chi connectivity index (χ0) is 31.7. The van der Waals surface area contributed by atoms with Gasteiger partial charge in [-0.25, -0.2) is 4.79 Å². The molecule has 10 nitrogen and oxygen atoms in total. The van der Waals surface area contributed by atoms with E-state index in [-0.39, 0.29) is 42.8 Å². The van der Waals surface area contributed by atoms with Crippen LogP contribution >= 0.6 is 45.9 Å². The Labute approximate surface area is 267 Å². The average Bonchev–Trinajstić information content (AvgIpc) is 3.48. The lowest BCUT2D eigenvalue weighted by Gasteiger charge is -2.41. The van der Waals surface area contributed by atoms with Crippen LogP contribution in [0.25, 0.3) is 25.7 Å². The molecule has 1 amide bonds. The van der Waals surface area contributed by atoms with Crippen molar-refractivity contribution in [3.63, 3.8) is 0 Å². The van der Waals surface area contributed by atoms with E-state index in [0.717, 1.165) is 28.2 Å². The van der Waals surface area contributed by atoms with Gasteiger partial charge in [-0.05, 0) is 56.7 Å². The van der Waals surface area contributed by atoms with Crippen molar-refractivity contribution in [2.45, 2.75) is 26.3 Å². The van der Waals surface area contributed by atoms with Crippen LogP contribution in [0.5, 0.6) is 5.75 Å². The number of benzene rings is 3. The summed E-state index contributed by atoms with van der Waals surface area (Å²) in [6.07, 6.45) is 1.92. The Bertz CT molecular complexity index is 2130. The molecule has 0 atom stereocenters. The van der Waals surface area contributed by atoms with Crippen LogP contribution in [0.4, 0.5) is 17.1 Å². The lowest BCUT2D eigenvalue weighted by Crippen LogP contribution is -2.48. The molecule has 0 saturated heterocycles. The van der Waals surface area contributed by atoms with Gasteiger partial charge in [-0.1, -0.05) is 29.3 Å². The molecule has 0 unspecified atom stereocenters. The van der Waals surface area contributed by atoms with E-state index >= 15 is 0 Å². The van der Waals surface area contributed by atoms with Crippen LogP contribution in [-0.2, 0) is 0 Å². The minimum atomic E-state index is -0.773. The highest BCUT2D eigenvalue weighted by Gasteiger charge is 2.38. The lowest BCUT2D eigenvalue weighted by atomic mass is 9.88. The molecular weight excluding hydrogens is 649 g/mol. The number of hydrogen-bond acceptors (Lipinski definition) is 9. The van der Waals surface area contributed by atoms with E-state index in [1.165, 1.54) is 36.4 Å². The van der Waals surface area contributed by atoms with Gasteiger partial charge in [0, 0.05) is 50.0 Å². The van der Waals surface area contributed by atoms with Crippen molar-refractivity contribution in [3.05, 3.63) is 106 Å². The first-order valence-electron chi connectivity index (χ1n) is 12.9. The molecule has 2 aromatic heterocycles. The van der Waals surface area contributed by atoms with Gasteiger partial charge in [-0.3, -0.25) is 29.9 Å². The summed E-state index contributed by atoms with van der Waals surface area (Å²) in [6.45, 7) is 5.64. The summed E-state index contributed by atoms with van der Waals surface area (Å²) in [4.78, 5) is 50.6. The van der Waals surface area contributed by atoms with E-state index in [0.29, 0.717) is 31.4 Å². The van der Waals surface area contributed by atoms with Crippen molar-refractivity contribution in [3.8, 4) is 5.75 Å². The number of carbonyl (C=O) groups excluding carboxylic acids is 2. The normalized spacial score (nSPS) is 13.9. The second-order valence-corrected chi connectivity index (χ2v) is 13.4. The summed E-state index contributed by atoms with van der Waals surface area (Å²) in [6, 6.07) is 13.3. The van der Waals surface area contributed by atoms with E-state index in [1.54, 1.807) is 23.1 Å². The third kappa shape index (κ3) is 4.89. The Kier molecular flexibility index (Phi) is 7.20. The standard InChI is InChI=1S/C30H19Cl2N3O7S2/c1-14-13-30(2,3)33(28(36)26-24(31)18-7-4-15(34(38)39)10-22(18)43-26)21-9-6-17(12-20(14)21)42-29(37)27-25(32)19-8-5-16(35(40)41)11-23(19)44-27/h4-13H,1-3H3. The van der Waals surface area contributed by atoms with Gasteiger partial charge < -0.3 is 4.74 Å². The number of allylic oxidation sites excluding steroid dienone is 1. The average molecular weight is 669 g/mol. The number of non-ortho nitro benzene ring substituents is 2. The number of esters is 1. The number of ether oxygens (including phenoxy) is 1. The summed E-state index contributed by atoms with van der Waals surface area (Å²) in [5.41, 5.74) is 1.06. The van der Waals surface area contributed by atoms with Gasteiger partial charge in [0.05, 0.1) is 31.1 Å². The number of rotatable bonds is 5. The van der Waals surface area contributed by atoms with Crippen molar-refractivity contribution >= 4 is 101 Å². The minimum absolute atomic E-state index is 0.100. The zero-order valence-corrected chi connectivity index (χ0v) is 26.2. The zero-order valence-electron chi connectivity index (χ0n) is 23.0. The highest BCUT2D eigenvalue weighted by atomic mass is 35.5. The van der Waals surface area contributed by atoms with Crippen LogP contribution < -0.4 is 9.64 Å². The third-order valence-electron chi connectivity index (χ3n) is 7.22. The van der Waals surface area contributed by atoms with Gasteiger partial charge in [0.25, 0.3) is 17.3 Å². The lowest BCUT2D eigenvalue weighted by molar-refractivity contribution is -0.384. The van der Waals surface area contributed by atoms with E-state index in [9.17, 15) is 29.8 Å². The first kappa shape index (κ1) is 29.7. The maximum absolute atomic E-state index is 14.1. The smallest absolute Gasteiger partial charge is 0.355 e. The molecule has 0 radical (unpaired) electrons. The molecule has 0 N–H and O–H groups in total. The quantitative estimate of drug-likeness (QED) is 0.0789. The Morgan fingerprint density at radius 2 is 1.39 bits per heavy atom. The first-order valence-corrected chi connectivity index (χ1v) is 15.3. The number of thiophene rings is 2. The van der Waals surface area contributed by atoms with Gasteiger partial charge in [-0.15, -0.1) is 22.7 Å². The second-order valence-electron chi connectivity index (χ2n) is 10.6. The van der Waals surface area contributed by atoms with Gasteiger partial charge in [0.1, 0.15) is 15.5 Å². The van der Waals surface area contributed by atoms with Crippen molar-refractivity contribution < 1.29 is 24.2 Å². The van der Waals surface area contributed by atoms with Crippen LogP contribution in [-0.4, -0.2) is 27.3 Å². The maximum Gasteiger partial charge on any atom is 0.355 e. The van der Waals surface area contributed by atoms with Gasteiger partial charge in [-0.2, -0.15) is 0 Å². The van der Waals surface area contributed by atoms with Crippen LogP contribution in [0, 0.1) is 20.2 Å². The van der Waals surface area contributed by atoms with E-state index in [2.05, 4.69) is 0 Å². The van der Waals surface area contributed by atoms with Crippen molar-refractivity contribution in [1.82, 2.24) is 0 Å². The number of hydrogen-bond donors (Lipinski definition) is 0. The van der Waals surface area contributed by atoms with Crippen LogP contribution in [0.2, 0.25) is 10.0 Å². The van der Waals surface area contributed by atoms with Gasteiger partial charge >= 0.3 is 5.97 Å². The van der Waals surface area contributed by atoms with Crippen LogP contribution in [0.1, 0.15) is 45.7 Å². The third-order valence-corrected chi connectivity index (χ3v) is 10.5. The Hall–Kier alpha value is -4.36. The molecular formula is C30H19Cl2N3O7S2. The summed E-state index contributed by atoms with van der Waals surface area (Å²) in [5.74, 6) is -0.902. The first-order chi connectivity index (χ1) is 20.8. The van der Waals surface area contributed by atoms with E-state index < -0.39 is 21.4 Å². The van der Waals surface area contributed by atoms with Crippen molar-refractivity contribution in [1.29, 1.82) is 0 Å². The molecule has 14 heteroatoms. The molecule has 44 heavy (non-hydrogen) atoms. The Balaban J connectivity index is 1.35. The number of anilines is 1. The van der Waals surface area contributed by atoms with Crippen molar-refractivity contribution in [2.24, 2.45) is 0 Å². The molecule has 0 spiro atoms. The Morgan fingerprint density at radius 1 is 0.841 bits per heavy atom. The molecule has 0 aliphatic carbocycles. The summed E-state index contributed by atoms with van der Waals surface area (Å²) in [7, 11) is 0. The SMILES string of the molecule is CC1=CC(C)(C)N(C(=O)c2sc3cc([N+](=O)[O-])ccc3c2Cl)c2ccc(OC(=O)c3sc4cc([N+](=O)[O-])ccc4c3Cl)cc21. The summed E-state index contributed by atoms with van der Waals surface area (Å²) < 4.78 is 6.67. The molecule has 0 bridgehead atoms. The molecule has 222 valence electrons. The molecule has 0 fully saturated rings. The monoisotopic (exact) mass is 667 g/mol. The number of nitro benzene ring substituents is 2. The molecule has 1 aliphatic heterocycles. The summed E-state index contributed by atoms with van der Waals surface area (Å²) in [5, 5.41) is 23.8. The number of nitrogens with zero attached hydrogens (tertiary/aromatic N) is 3. The number of halogens is 2.